The van der Waals surface area contributed by atoms with Crippen LogP contribution in [-0.4, -0.2) is 14.8 Å². The van der Waals surface area contributed by atoms with Crippen LogP contribution in [0.15, 0.2) is 18.2 Å². The lowest BCUT2D eigenvalue weighted by atomic mass is 10.0. The van der Waals surface area contributed by atoms with E-state index in [9.17, 15) is 10.2 Å². The van der Waals surface area contributed by atoms with Gasteiger partial charge in [0.2, 0.25) is 5.88 Å². The number of benzene rings is 1. The Morgan fingerprint density at radius 3 is 2.32 bits per heavy atom. The number of aromatic hydroxyl groups is 2. The number of hydrogen-bond acceptors (Lipinski definition) is 3. The molecule has 0 aliphatic carbocycles. The molecule has 19 heavy (non-hydrogen) atoms. The minimum atomic E-state index is -0.0783. The molecule has 0 bridgehead atoms. The van der Waals surface area contributed by atoms with E-state index < -0.39 is 0 Å². The molecule has 0 unspecified atom stereocenters. The van der Waals surface area contributed by atoms with Crippen LogP contribution in [-0.2, 0) is 6.42 Å². The van der Waals surface area contributed by atoms with E-state index in [0.717, 1.165) is 22.4 Å². The Labute approximate surface area is 112 Å². The fraction of sp³-hybridized carbons (Fsp3) is 0.267. The van der Waals surface area contributed by atoms with E-state index in [1.807, 2.05) is 39.0 Å². The molecule has 2 rings (SSSR count). The van der Waals surface area contributed by atoms with Crippen molar-refractivity contribution < 1.29 is 10.2 Å². The lowest BCUT2D eigenvalue weighted by Crippen LogP contribution is -1.98. The third-order valence-corrected chi connectivity index (χ3v) is 3.35. The molecular weight excluding hydrogens is 240 g/mol. The minimum absolute atomic E-state index is 0.0610. The molecule has 0 radical (unpaired) electrons. The number of hydrogen-bond donors (Lipinski definition) is 2. The Morgan fingerprint density at radius 1 is 1.05 bits per heavy atom. The van der Waals surface area contributed by atoms with Gasteiger partial charge in [-0.15, -0.1) is 0 Å². The van der Waals surface area contributed by atoms with Crippen molar-refractivity contribution in [3.8, 4) is 23.5 Å². The van der Waals surface area contributed by atoms with Gasteiger partial charge in [0, 0.05) is 11.6 Å². The van der Waals surface area contributed by atoms with Crippen LogP contribution in [0.1, 0.15) is 22.3 Å². The van der Waals surface area contributed by atoms with Crippen molar-refractivity contribution in [2.24, 2.45) is 0 Å². The van der Waals surface area contributed by atoms with E-state index in [1.54, 1.807) is 0 Å². The fourth-order valence-corrected chi connectivity index (χ4v) is 2.18. The van der Waals surface area contributed by atoms with E-state index >= 15 is 0 Å². The van der Waals surface area contributed by atoms with Gasteiger partial charge in [-0.2, -0.15) is 5.26 Å². The number of nitriles is 1. The third kappa shape index (κ3) is 2.15. The number of aromatic nitrogens is 1. The monoisotopic (exact) mass is 256 g/mol. The van der Waals surface area contributed by atoms with Gasteiger partial charge in [-0.05, 0) is 43.5 Å². The first-order valence-electron chi connectivity index (χ1n) is 6.03. The van der Waals surface area contributed by atoms with Gasteiger partial charge in [0.1, 0.15) is 0 Å². The van der Waals surface area contributed by atoms with Crippen molar-refractivity contribution in [2.45, 2.75) is 27.2 Å². The Hall–Kier alpha value is -2.41. The molecule has 0 amide bonds. The standard InChI is InChI=1S/C15H16N2O2/c1-9-6-11(3)13(7-10(9)2)17-14(18)8-12(4-5-16)15(17)19/h6-8,18-19H,4H2,1-3H3. The Kier molecular flexibility index (Phi) is 3.22. The maximum Gasteiger partial charge on any atom is 0.203 e. The molecule has 2 N–H and O–H groups in total. The fourth-order valence-electron chi connectivity index (χ4n) is 2.18. The lowest BCUT2D eigenvalue weighted by molar-refractivity contribution is 0.400. The summed E-state index contributed by atoms with van der Waals surface area (Å²) in [7, 11) is 0. The molecule has 0 aliphatic rings. The van der Waals surface area contributed by atoms with Crippen LogP contribution in [0, 0.1) is 32.1 Å². The normalized spacial score (nSPS) is 10.4. The van der Waals surface area contributed by atoms with Gasteiger partial charge in [-0.3, -0.25) is 4.57 Å². The van der Waals surface area contributed by atoms with Crippen LogP contribution in [0.3, 0.4) is 0 Å². The summed E-state index contributed by atoms with van der Waals surface area (Å²) in [6.45, 7) is 5.92. The van der Waals surface area contributed by atoms with E-state index in [4.69, 9.17) is 5.26 Å². The van der Waals surface area contributed by atoms with Crippen LogP contribution < -0.4 is 0 Å². The van der Waals surface area contributed by atoms with E-state index in [0.29, 0.717) is 5.56 Å². The second-order valence-corrected chi connectivity index (χ2v) is 4.74. The molecule has 0 saturated carbocycles. The average Bonchev–Trinajstić information content (AvgIpc) is 2.61. The van der Waals surface area contributed by atoms with Crippen LogP contribution in [0.5, 0.6) is 11.8 Å². The molecule has 1 aromatic heterocycles. The van der Waals surface area contributed by atoms with Crippen molar-refractivity contribution in [1.82, 2.24) is 4.57 Å². The molecule has 2 aromatic rings. The quantitative estimate of drug-likeness (QED) is 0.868. The molecule has 1 aromatic carbocycles. The highest BCUT2D eigenvalue weighted by molar-refractivity contribution is 5.53. The maximum atomic E-state index is 10.1. The molecule has 0 atom stereocenters. The summed E-state index contributed by atoms with van der Waals surface area (Å²) in [6.07, 6.45) is 0.0658. The summed E-state index contributed by atoms with van der Waals surface area (Å²) in [6, 6.07) is 7.32. The van der Waals surface area contributed by atoms with Crippen molar-refractivity contribution in [3.05, 3.63) is 40.5 Å². The van der Waals surface area contributed by atoms with E-state index in [2.05, 4.69) is 0 Å². The van der Waals surface area contributed by atoms with Crippen LogP contribution in [0.2, 0.25) is 0 Å². The zero-order valence-electron chi connectivity index (χ0n) is 11.2. The summed E-state index contributed by atoms with van der Waals surface area (Å²) in [4.78, 5) is 0. The van der Waals surface area contributed by atoms with Gasteiger partial charge in [0.15, 0.2) is 5.88 Å². The minimum Gasteiger partial charge on any atom is -0.494 e. The molecule has 0 fully saturated rings. The lowest BCUT2D eigenvalue weighted by Gasteiger charge is -2.13. The first-order valence-corrected chi connectivity index (χ1v) is 6.03. The Bertz CT molecular complexity index is 678. The summed E-state index contributed by atoms with van der Waals surface area (Å²) in [5.41, 5.74) is 4.34. The van der Waals surface area contributed by atoms with Gasteiger partial charge in [-0.25, -0.2) is 0 Å². The predicted octanol–water partition coefficient (Wildman–Crippen LogP) is 2.88. The van der Waals surface area contributed by atoms with Gasteiger partial charge in [0.05, 0.1) is 18.2 Å². The molecular formula is C15H16N2O2. The molecule has 0 saturated heterocycles. The molecule has 1 heterocycles. The summed E-state index contributed by atoms with van der Waals surface area (Å²) >= 11 is 0. The molecule has 98 valence electrons. The SMILES string of the molecule is Cc1cc(C)c(-n2c(O)cc(CC#N)c2O)cc1C. The highest BCUT2D eigenvalue weighted by Gasteiger charge is 2.17. The molecule has 0 aliphatic heterocycles. The Morgan fingerprint density at radius 2 is 1.68 bits per heavy atom. The summed E-state index contributed by atoms with van der Waals surface area (Å²) in [5.74, 6) is -0.139. The maximum absolute atomic E-state index is 10.1. The van der Waals surface area contributed by atoms with Gasteiger partial charge in [-0.1, -0.05) is 6.07 Å². The summed E-state index contributed by atoms with van der Waals surface area (Å²) < 4.78 is 1.37. The zero-order valence-corrected chi connectivity index (χ0v) is 11.2. The number of rotatable bonds is 2. The van der Waals surface area contributed by atoms with Crippen molar-refractivity contribution in [3.63, 3.8) is 0 Å². The average molecular weight is 256 g/mol. The zero-order chi connectivity index (χ0) is 14.2. The smallest absolute Gasteiger partial charge is 0.203 e. The number of aryl methyl sites for hydroxylation is 3. The first-order chi connectivity index (χ1) is 8.95. The number of nitrogens with zero attached hydrogens (tertiary/aromatic N) is 2. The van der Waals surface area contributed by atoms with Gasteiger partial charge in [0.25, 0.3) is 0 Å². The first kappa shape index (κ1) is 13.0. The second-order valence-electron chi connectivity index (χ2n) is 4.74. The molecule has 4 heteroatoms. The van der Waals surface area contributed by atoms with Crippen molar-refractivity contribution in [1.29, 1.82) is 5.26 Å². The van der Waals surface area contributed by atoms with Crippen molar-refractivity contribution >= 4 is 0 Å². The van der Waals surface area contributed by atoms with Crippen molar-refractivity contribution in [2.75, 3.05) is 0 Å². The van der Waals surface area contributed by atoms with Gasteiger partial charge >= 0.3 is 0 Å². The third-order valence-electron chi connectivity index (χ3n) is 3.35. The molecule has 4 nitrogen and oxygen atoms in total. The largest absolute Gasteiger partial charge is 0.494 e. The van der Waals surface area contributed by atoms with Crippen LogP contribution in [0.25, 0.3) is 5.69 Å². The van der Waals surface area contributed by atoms with Gasteiger partial charge < -0.3 is 10.2 Å². The Balaban J connectivity index is 2.66. The van der Waals surface area contributed by atoms with Crippen LogP contribution in [0.4, 0.5) is 0 Å². The topological polar surface area (TPSA) is 69.2 Å². The highest BCUT2D eigenvalue weighted by Crippen LogP contribution is 2.33. The van der Waals surface area contributed by atoms with E-state index in [-0.39, 0.29) is 18.2 Å². The summed E-state index contributed by atoms with van der Waals surface area (Å²) in [5, 5.41) is 28.8. The van der Waals surface area contributed by atoms with E-state index in [1.165, 1.54) is 10.6 Å². The second kappa shape index (κ2) is 4.69. The highest BCUT2D eigenvalue weighted by atomic mass is 16.3. The predicted molar refractivity (Wildman–Crippen MR) is 72.6 cm³/mol. The molecule has 0 spiro atoms. The van der Waals surface area contributed by atoms with Crippen LogP contribution >= 0.6 is 0 Å².